The summed E-state index contributed by atoms with van der Waals surface area (Å²) in [7, 11) is -4.68. The van der Waals surface area contributed by atoms with E-state index >= 15 is 0 Å². The minimum Gasteiger partial charge on any atom is -0.285 e. The van der Waals surface area contributed by atoms with Crippen molar-refractivity contribution < 1.29 is 36.0 Å². The number of halogens is 4. The summed E-state index contributed by atoms with van der Waals surface area (Å²) in [6.07, 6.45) is -4.72. The van der Waals surface area contributed by atoms with Gasteiger partial charge in [0.1, 0.15) is 0 Å². The van der Waals surface area contributed by atoms with Crippen LogP contribution >= 0.6 is 7.82 Å². The third-order valence-corrected chi connectivity index (χ3v) is 1.95. The Bertz CT molecular complexity index is 193. The van der Waals surface area contributed by atoms with Crippen molar-refractivity contribution in [1.82, 2.24) is 0 Å². The zero-order valence-electron chi connectivity index (χ0n) is 6.51. The Hall–Kier alpha value is -0.170. The molecule has 0 amide bonds. The van der Waals surface area contributed by atoms with Crippen molar-refractivity contribution in [3.8, 4) is 0 Å². The molecule has 1 atom stereocenters. The smallest absolute Gasteiger partial charge is 0.285 e. The van der Waals surface area contributed by atoms with E-state index in [0.717, 1.165) is 0 Å². The molecule has 0 saturated heterocycles. The molecule has 0 fully saturated rings. The second-order valence-electron chi connectivity index (χ2n) is 1.82. The monoisotopic (exact) mass is 226 g/mol. The molecule has 0 radical (unpaired) electrons. The van der Waals surface area contributed by atoms with Crippen LogP contribution in [0.2, 0.25) is 0 Å². The first-order chi connectivity index (χ1) is 5.83. The third-order valence-electron chi connectivity index (χ3n) is 0.758. The first kappa shape index (κ1) is 12.8. The molecule has 0 aromatic carbocycles. The minimum absolute atomic E-state index is 0.293. The molecule has 0 aliphatic carbocycles. The fraction of sp³-hybridized carbons (Fsp3) is 1.00. The van der Waals surface area contributed by atoms with Crippen molar-refractivity contribution in [3.63, 3.8) is 0 Å². The van der Waals surface area contributed by atoms with E-state index in [1.165, 1.54) is 6.92 Å². The predicted molar refractivity (Wildman–Crippen MR) is 33.4 cm³/mol. The van der Waals surface area contributed by atoms with Gasteiger partial charge in [0.2, 0.25) is 0 Å². The van der Waals surface area contributed by atoms with Gasteiger partial charge in [-0.15, -0.1) is 0 Å². The molecule has 0 saturated carbocycles. The number of phosphoric ester groups is 1. The van der Waals surface area contributed by atoms with Gasteiger partial charge in [-0.1, -0.05) is 4.73 Å². The molecule has 0 aromatic rings. The molecule has 0 aromatic heterocycles. The third kappa shape index (κ3) is 5.98. The van der Waals surface area contributed by atoms with Crippen LogP contribution in [-0.2, 0) is 18.3 Å². The zero-order chi connectivity index (χ0) is 10.5. The SMILES string of the molecule is CCOP(=O)(OF)OCC(F)(F)F. The maximum Gasteiger partial charge on any atom is 0.506 e. The fourth-order valence-corrected chi connectivity index (χ4v) is 1.16. The van der Waals surface area contributed by atoms with Crippen LogP contribution in [0.15, 0.2) is 0 Å². The van der Waals surface area contributed by atoms with E-state index < -0.39 is 20.6 Å². The fourth-order valence-electron chi connectivity index (χ4n) is 0.387. The van der Waals surface area contributed by atoms with Crippen molar-refractivity contribution in [1.29, 1.82) is 0 Å². The second kappa shape index (κ2) is 4.90. The van der Waals surface area contributed by atoms with Gasteiger partial charge >= 0.3 is 14.0 Å². The van der Waals surface area contributed by atoms with Gasteiger partial charge in [-0.2, -0.15) is 13.2 Å². The van der Waals surface area contributed by atoms with E-state index in [2.05, 4.69) is 13.8 Å². The summed E-state index contributed by atoms with van der Waals surface area (Å²) in [5, 5.41) is 0. The number of rotatable bonds is 5. The van der Waals surface area contributed by atoms with E-state index in [1.54, 1.807) is 0 Å². The molecular formula is C4H7F4O4P. The van der Waals surface area contributed by atoms with Crippen LogP contribution in [0.5, 0.6) is 0 Å². The quantitative estimate of drug-likeness (QED) is 0.533. The molecule has 1 unspecified atom stereocenters. The van der Waals surface area contributed by atoms with Crippen molar-refractivity contribution >= 4 is 7.82 Å². The molecule has 80 valence electrons. The van der Waals surface area contributed by atoms with E-state index in [1.807, 2.05) is 0 Å². The Balaban J connectivity index is 4.06. The van der Waals surface area contributed by atoms with Crippen molar-refractivity contribution in [3.05, 3.63) is 0 Å². The van der Waals surface area contributed by atoms with Crippen LogP contribution in [0.1, 0.15) is 6.92 Å². The number of alkyl halides is 3. The Kier molecular flexibility index (Phi) is 4.83. The molecule has 13 heavy (non-hydrogen) atoms. The van der Waals surface area contributed by atoms with Crippen LogP contribution in [-0.4, -0.2) is 19.4 Å². The maximum absolute atomic E-state index is 11.5. The summed E-state index contributed by atoms with van der Waals surface area (Å²) in [6.45, 7) is -0.893. The normalized spacial score (nSPS) is 17.0. The Morgan fingerprint density at radius 3 is 2.15 bits per heavy atom. The van der Waals surface area contributed by atoms with Crippen LogP contribution in [0, 0.1) is 0 Å². The molecule has 0 aliphatic heterocycles. The van der Waals surface area contributed by atoms with Crippen LogP contribution < -0.4 is 0 Å². The Morgan fingerprint density at radius 2 is 1.85 bits per heavy atom. The lowest BCUT2D eigenvalue weighted by molar-refractivity contribution is -0.164. The van der Waals surface area contributed by atoms with Crippen molar-refractivity contribution in [2.75, 3.05) is 13.2 Å². The highest BCUT2D eigenvalue weighted by Crippen LogP contribution is 2.50. The molecule has 0 rings (SSSR count). The number of hydrogen-bond donors (Lipinski definition) is 0. The molecule has 0 bridgehead atoms. The highest BCUT2D eigenvalue weighted by molar-refractivity contribution is 7.48. The lowest BCUT2D eigenvalue weighted by Crippen LogP contribution is -2.16. The highest BCUT2D eigenvalue weighted by Gasteiger charge is 2.36. The van der Waals surface area contributed by atoms with Crippen LogP contribution in [0.3, 0.4) is 0 Å². The molecule has 0 spiro atoms. The Morgan fingerprint density at radius 1 is 1.31 bits per heavy atom. The van der Waals surface area contributed by atoms with Gasteiger partial charge in [0, 0.05) is 0 Å². The predicted octanol–water partition coefficient (Wildman–Crippen LogP) is 2.61. The largest absolute Gasteiger partial charge is 0.506 e. The number of hydrogen-bond acceptors (Lipinski definition) is 4. The van der Waals surface area contributed by atoms with Gasteiger partial charge in [0.05, 0.1) is 6.61 Å². The van der Waals surface area contributed by atoms with E-state index in [-0.39, 0.29) is 6.61 Å². The average molecular weight is 226 g/mol. The summed E-state index contributed by atoms with van der Waals surface area (Å²) in [5.41, 5.74) is 0. The van der Waals surface area contributed by atoms with Crippen molar-refractivity contribution in [2.24, 2.45) is 0 Å². The van der Waals surface area contributed by atoms with Gasteiger partial charge in [0.15, 0.2) is 6.61 Å². The van der Waals surface area contributed by atoms with Crippen molar-refractivity contribution in [2.45, 2.75) is 13.1 Å². The topological polar surface area (TPSA) is 44.8 Å². The summed E-state index contributed by atoms with van der Waals surface area (Å²) < 4.78 is 66.8. The first-order valence-electron chi connectivity index (χ1n) is 3.09. The van der Waals surface area contributed by atoms with E-state index in [9.17, 15) is 22.3 Å². The molecule has 0 heterocycles. The highest BCUT2D eigenvalue weighted by atomic mass is 31.2. The summed E-state index contributed by atoms with van der Waals surface area (Å²) >= 11 is 0. The van der Waals surface area contributed by atoms with E-state index in [0.29, 0.717) is 0 Å². The molecule has 9 heteroatoms. The van der Waals surface area contributed by atoms with Gasteiger partial charge in [-0.3, -0.25) is 9.05 Å². The summed E-state index contributed by atoms with van der Waals surface area (Å²) in [4.78, 5) is 0. The van der Waals surface area contributed by atoms with Gasteiger partial charge in [-0.05, 0) is 11.4 Å². The van der Waals surface area contributed by atoms with Crippen LogP contribution in [0.25, 0.3) is 0 Å². The van der Waals surface area contributed by atoms with E-state index in [4.69, 9.17) is 0 Å². The maximum atomic E-state index is 11.5. The lowest BCUT2D eigenvalue weighted by Gasteiger charge is -2.12. The molecule has 0 N–H and O–H groups in total. The van der Waals surface area contributed by atoms with Gasteiger partial charge < -0.3 is 0 Å². The van der Waals surface area contributed by atoms with Gasteiger partial charge in [0.25, 0.3) is 0 Å². The lowest BCUT2D eigenvalue weighted by atomic mass is 10.7. The summed E-state index contributed by atoms with van der Waals surface area (Å²) in [5.74, 6) is 0. The summed E-state index contributed by atoms with van der Waals surface area (Å²) in [6, 6.07) is 0. The Labute approximate surface area is 71.3 Å². The second-order valence-corrected chi connectivity index (χ2v) is 3.37. The average Bonchev–Trinajstić information content (AvgIpc) is 2.01. The molecule has 4 nitrogen and oxygen atoms in total. The zero-order valence-corrected chi connectivity index (χ0v) is 7.40. The minimum atomic E-state index is -4.72. The molecular weight excluding hydrogens is 219 g/mol. The number of phosphoric acid groups is 1. The van der Waals surface area contributed by atoms with Crippen LogP contribution in [0.4, 0.5) is 17.7 Å². The van der Waals surface area contributed by atoms with Gasteiger partial charge in [-0.25, -0.2) is 4.57 Å². The first-order valence-corrected chi connectivity index (χ1v) is 4.55. The molecule has 0 aliphatic rings. The standard InChI is InChI=1S/C4H7F4O4P/c1-2-10-13(9,12-8)11-3-4(5,6)7/h2-3H2,1H3.